The van der Waals surface area contributed by atoms with Gasteiger partial charge < -0.3 is 0 Å². The van der Waals surface area contributed by atoms with E-state index < -0.39 is 0 Å². The Morgan fingerprint density at radius 2 is 1.20 bits per heavy atom. The van der Waals surface area contributed by atoms with Crippen LogP contribution in [0.1, 0.15) is 33.6 Å². The predicted molar refractivity (Wildman–Crippen MR) is 48.0 cm³/mol. The second kappa shape index (κ2) is 4.54. The molecule has 2 atom stereocenters. The molecule has 1 aliphatic carbocycles. The highest BCUT2D eigenvalue weighted by atomic mass is 14.3. The second-order valence-electron chi connectivity index (χ2n) is 3.39. The summed E-state index contributed by atoms with van der Waals surface area (Å²) >= 11 is 0. The Hall–Kier alpha value is -0.260. The standard InChI is InChI=1S/C8H16.C2H4/c1-6-4-5-7(2)8(6)3;1-2/h6-8H,4-5H2,1-3H3;1-2H2. The van der Waals surface area contributed by atoms with Crippen molar-refractivity contribution in [2.24, 2.45) is 17.8 Å². The predicted octanol–water partition coefficient (Wildman–Crippen LogP) is 3.49. The summed E-state index contributed by atoms with van der Waals surface area (Å²) in [5.41, 5.74) is 0. The fourth-order valence-electron chi connectivity index (χ4n) is 1.61. The molecule has 0 bridgehead atoms. The molecule has 0 aromatic heterocycles. The molecule has 0 aromatic rings. The van der Waals surface area contributed by atoms with Crippen LogP contribution in [0.5, 0.6) is 0 Å². The lowest BCUT2D eigenvalue weighted by molar-refractivity contribution is 0.380. The van der Waals surface area contributed by atoms with Crippen LogP contribution in [0.4, 0.5) is 0 Å². The lowest BCUT2D eigenvalue weighted by Crippen LogP contribution is -2.04. The molecule has 1 aliphatic rings. The van der Waals surface area contributed by atoms with Crippen LogP contribution in [-0.4, -0.2) is 0 Å². The summed E-state index contributed by atoms with van der Waals surface area (Å²) in [7, 11) is 0. The summed E-state index contributed by atoms with van der Waals surface area (Å²) in [4.78, 5) is 0. The molecular formula is C10H20. The molecule has 1 rings (SSSR count). The van der Waals surface area contributed by atoms with Gasteiger partial charge in [-0.15, -0.1) is 13.2 Å². The van der Waals surface area contributed by atoms with Crippen LogP contribution in [0, 0.1) is 17.8 Å². The highest BCUT2D eigenvalue weighted by Gasteiger charge is 2.25. The van der Waals surface area contributed by atoms with E-state index in [9.17, 15) is 0 Å². The third-order valence-electron chi connectivity index (χ3n) is 2.87. The van der Waals surface area contributed by atoms with E-state index in [2.05, 4.69) is 33.9 Å². The van der Waals surface area contributed by atoms with Crippen molar-refractivity contribution in [2.75, 3.05) is 0 Å². The largest absolute Gasteiger partial charge is 0.106 e. The molecule has 0 aliphatic heterocycles. The Balaban J connectivity index is 0.000000371. The lowest BCUT2D eigenvalue weighted by atomic mass is 9.94. The molecule has 0 N–H and O–H groups in total. The van der Waals surface area contributed by atoms with Crippen LogP contribution in [0.25, 0.3) is 0 Å². The van der Waals surface area contributed by atoms with Crippen molar-refractivity contribution < 1.29 is 0 Å². The molecule has 0 saturated heterocycles. The summed E-state index contributed by atoms with van der Waals surface area (Å²) in [5, 5.41) is 0. The van der Waals surface area contributed by atoms with Gasteiger partial charge >= 0.3 is 0 Å². The van der Waals surface area contributed by atoms with E-state index in [-0.39, 0.29) is 0 Å². The summed E-state index contributed by atoms with van der Waals surface area (Å²) in [6.07, 6.45) is 2.92. The quantitative estimate of drug-likeness (QED) is 0.452. The van der Waals surface area contributed by atoms with E-state index in [0.717, 1.165) is 17.8 Å². The third-order valence-corrected chi connectivity index (χ3v) is 2.87. The van der Waals surface area contributed by atoms with Gasteiger partial charge in [0.25, 0.3) is 0 Å². The molecule has 0 spiro atoms. The first-order chi connectivity index (χ1) is 4.72. The van der Waals surface area contributed by atoms with Gasteiger partial charge in [0.15, 0.2) is 0 Å². The maximum Gasteiger partial charge on any atom is -0.0391 e. The molecule has 0 heteroatoms. The highest BCUT2D eigenvalue weighted by Crippen LogP contribution is 2.35. The fraction of sp³-hybridized carbons (Fsp3) is 0.800. The molecule has 0 amide bonds. The molecule has 0 nitrogen and oxygen atoms in total. The number of rotatable bonds is 0. The van der Waals surface area contributed by atoms with Crippen molar-refractivity contribution in [2.45, 2.75) is 33.6 Å². The van der Waals surface area contributed by atoms with Crippen molar-refractivity contribution in [3.63, 3.8) is 0 Å². The number of hydrogen-bond donors (Lipinski definition) is 0. The summed E-state index contributed by atoms with van der Waals surface area (Å²) in [5.74, 6) is 2.96. The van der Waals surface area contributed by atoms with Gasteiger partial charge in [0, 0.05) is 0 Å². The zero-order valence-corrected chi connectivity index (χ0v) is 7.56. The minimum absolute atomic E-state index is 0.981. The van der Waals surface area contributed by atoms with Gasteiger partial charge in [-0.25, -0.2) is 0 Å². The first-order valence-corrected chi connectivity index (χ1v) is 4.22. The summed E-state index contributed by atoms with van der Waals surface area (Å²) in [6.45, 7) is 13.1. The van der Waals surface area contributed by atoms with Crippen molar-refractivity contribution in [1.82, 2.24) is 0 Å². The SMILES string of the molecule is C=C.CC1CCC(C)C1C. The Kier molecular flexibility index (Phi) is 4.42. The van der Waals surface area contributed by atoms with Gasteiger partial charge in [-0.3, -0.25) is 0 Å². The van der Waals surface area contributed by atoms with Gasteiger partial charge in [-0.1, -0.05) is 33.6 Å². The molecule has 0 aromatic carbocycles. The van der Waals surface area contributed by atoms with Crippen LogP contribution in [-0.2, 0) is 0 Å². The van der Waals surface area contributed by atoms with Crippen molar-refractivity contribution in [3.05, 3.63) is 13.2 Å². The van der Waals surface area contributed by atoms with Crippen molar-refractivity contribution >= 4 is 0 Å². The fourth-order valence-corrected chi connectivity index (χ4v) is 1.61. The molecule has 60 valence electrons. The van der Waals surface area contributed by atoms with Gasteiger partial charge in [-0.2, -0.15) is 0 Å². The normalized spacial score (nSPS) is 38.5. The minimum atomic E-state index is 0.981. The monoisotopic (exact) mass is 140 g/mol. The van der Waals surface area contributed by atoms with Gasteiger partial charge in [0.1, 0.15) is 0 Å². The Labute approximate surface area is 65.3 Å². The van der Waals surface area contributed by atoms with Crippen LogP contribution in [0.15, 0.2) is 13.2 Å². The van der Waals surface area contributed by atoms with E-state index in [0.29, 0.717) is 0 Å². The van der Waals surface area contributed by atoms with Crippen molar-refractivity contribution in [3.8, 4) is 0 Å². The lowest BCUT2D eigenvalue weighted by Gasteiger charge is -2.11. The summed E-state index contributed by atoms with van der Waals surface area (Å²) in [6, 6.07) is 0. The molecule has 1 saturated carbocycles. The van der Waals surface area contributed by atoms with Crippen LogP contribution in [0.3, 0.4) is 0 Å². The summed E-state index contributed by atoms with van der Waals surface area (Å²) < 4.78 is 0. The van der Waals surface area contributed by atoms with Crippen LogP contribution >= 0.6 is 0 Å². The average Bonchev–Trinajstić information content (AvgIpc) is 2.25. The van der Waals surface area contributed by atoms with E-state index in [1.165, 1.54) is 12.8 Å². The van der Waals surface area contributed by atoms with E-state index >= 15 is 0 Å². The van der Waals surface area contributed by atoms with Gasteiger partial charge in [0.2, 0.25) is 0 Å². The Bertz CT molecular complexity index is 76.0. The van der Waals surface area contributed by atoms with Crippen molar-refractivity contribution in [1.29, 1.82) is 0 Å². The van der Waals surface area contributed by atoms with E-state index in [4.69, 9.17) is 0 Å². The zero-order valence-electron chi connectivity index (χ0n) is 7.56. The zero-order chi connectivity index (χ0) is 8.15. The minimum Gasteiger partial charge on any atom is -0.106 e. The molecule has 10 heavy (non-hydrogen) atoms. The first-order valence-electron chi connectivity index (χ1n) is 4.22. The molecule has 0 heterocycles. The molecule has 2 unspecified atom stereocenters. The second-order valence-corrected chi connectivity index (χ2v) is 3.39. The maximum atomic E-state index is 3.00. The third kappa shape index (κ3) is 2.17. The average molecular weight is 140 g/mol. The Morgan fingerprint density at radius 3 is 1.30 bits per heavy atom. The highest BCUT2D eigenvalue weighted by molar-refractivity contribution is 4.75. The smallest absolute Gasteiger partial charge is 0.0391 e. The topological polar surface area (TPSA) is 0 Å². The van der Waals surface area contributed by atoms with E-state index in [1.807, 2.05) is 0 Å². The van der Waals surface area contributed by atoms with Crippen LogP contribution in [0.2, 0.25) is 0 Å². The molecule has 1 fully saturated rings. The first kappa shape index (κ1) is 9.74. The molecular weight excluding hydrogens is 120 g/mol. The van der Waals surface area contributed by atoms with E-state index in [1.54, 1.807) is 0 Å². The molecule has 0 radical (unpaired) electrons. The van der Waals surface area contributed by atoms with Gasteiger partial charge in [-0.05, 0) is 17.8 Å². The Morgan fingerprint density at radius 1 is 0.900 bits per heavy atom. The maximum absolute atomic E-state index is 3.00. The van der Waals surface area contributed by atoms with Crippen LogP contribution < -0.4 is 0 Å². The number of hydrogen-bond acceptors (Lipinski definition) is 0. The van der Waals surface area contributed by atoms with Gasteiger partial charge in [0.05, 0.1) is 0 Å².